The number of ether oxygens (including phenoxy) is 1. The molecule has 0 saturated heterocycles. The van der Waals surface area contributed by atoms with E-state index in [0.717, 1.165) is 12.8 Å². The molecule has 0 aromatic heterocycles. The van der Waals surface area contributed by atoms with Gasteiger partial charge in [-0.15, -0.1) is 0 Å². The Labute approximate surface area is 127 Å². The smallest absolute Gasteiger partial charge is 0.387 e. The van der Waals surface area contributed by atoms with E-state index in [0.29, 0.717) is 18.4 Å². The third kappa shape index (κ3) is 4.80. The van der Waals surface area contributed by atoms with E-state index in [9.17, 15) is 18.7 Å². The Kier molecular flexibility index (Phi) is 5.49. The summed E-state index contributed by atoms with van der Waals surface area (Å²) in [5.74, 6) is -0.372. The molecule has 0 radical (unpaired) electrons. The zero-order valence-electron chi connectivity index (χ0n) is 12.1. The van der Waals surface area contributed by atoms with Crippen molar-refractivity contribution in [2.24, 2.45) is 0 Å². The molecule has 0 unspecified atom stereocenters. The van der Waals surface area contributed by atoms with E-state index in [1.807, 2.05) is 0 Å². The highest BCUT2D eigenvalue weighted by Crippen LogP contribution is 2.28. The molecule has 0 aliphatic heterocycles. The van der Waals surface area contributed by atoms with Crippen LogP contribution in [0.15, 0.2) is 30.3 Å². The molecule has 1 aromatic carbocycles. The lowest BCUT2D eigenvalue weighted by Gasteiger charge is -2.21. The van der Waals surface area contributed by atoms with Gasteiger partial charge in [0.15, 0.2) is 0 Å². The maximum absolute atomic E-state index is 12.3. The molecule has 1 aliphatic carbocycles. The van der Waals surface area contributed by atoms with Gasteiger partial charge in [-0.25, -0.2) is 0 Å². The summed E-state index contributed by atoms with van der Waals surface area (Å²) in [5.41, 5.74) is -0.433. The predicted octanol–water partition coefficient (Wildman–Crippen LogP) is 2.72. The molecular weight excluding hydrogens is 292 g/mol. The number of hydrogen-bond donors (Lipinski definition) is 2. The number of amides is 1. The standard InChI is InChI=1S/C16H19F2NO3/c17-15(18)22-13-6-2-1-5-12(13)7-8-14(20)19-11-16(21)9-3-4-10-16/h1-2,5-8,15,21H,3-4,9-11H2,(H,19,20)/b8-7+. The summed E-state index contributed by atoms with van der Waals surface area (Å²) in [6, 6.07) is 6.22. The predicted molar refractivity (Wildman–Crippen MR) is 78.5 cm³/mol. The number of halogens is 2. The first-order valence-electron chi connectivity index (χ1n) is 7.21. The van der Waals surface area contributed by atoms with Crippen molar-refractivity contribution in [1.29, 1.82) is 0 Å². The Hall–Kier alpha value is -1.95. The van der Waals surface area contributed by atoms with Crippen molar-refractivity contribution in [3.63, 3.8) is 0 Å². The summed E-state index contributed by atoms with van der Waals surface area (Å²) in [7, 11) is 0. The number of aliphatic hydroxyl groups is 1. The highest BCUT2D eigenvalue weighted by molar-refractivity contribution is 5.92. The van der Waals surface area contributed by atoms with E-state index >= 15 is 0 Å². The summed E-state index contributed by atoms with van der Waals surface area (Å²) in [6.45, 7) is -2.72. The van der Waals surface area contributed by atoms with Gasteiger partial charge in [-0.1, -0.05) is 31.0 Å². The van der Waals surface area contributed by atoms with E-state index in [4.69, 9.17) is 0 Å². The maximum Gasteiger partial charge on any atom is 0.387 e. The first kappa shape index (κ1) is 16.4. The first-order chi connectivity index (χ1) is 10.5. The third-order valence-electron chi connectivity index (χ3n) is 3.68. The molecular formula is C16H19F2NO3. The Bertz CT molecular complexity index is 540. The van der Waals surface area contributed by atoms with Gasteiger partial charge in [-0.3, -0.25) is 4.79 Å². The van der Waals surface area contributed by atoms with Crippen molar-refractivity contribution in [3.05, 3.63) is 35.9 Å². The van der Waals surface area contributed by atoms with Crippen LogP contribution in [0, 0.1) is 0 Å². The number of hydrogen-bond acceptors (Lipinski definition) is 3. The molecule has 1 fully saturated rings. The monoisotopic (exact) mass is 311 g/mol. The summed E-state index contributed by atoms with van der Waals surface area (Å²) in [5, 5.41) is 12.8. The molecule has 0 bridgehead atoms. The van der Waals surface area contributed by atoms with Gasteiger partial charge in [0.2, 0.25) is 5.91 Å². The van der Waals surface area contributed by atoms with Gasteiger partial charge in [-0.05, 0) is 25.0 Å². The number of carbonyl (C=O) groups is 1. The molecule has 1 amide bonds. The fourth-order valence-electron chi connectivity index (χ4n) is 2.51. The number of para-hydroxylation sites is 1. The highest BCUT2D eigenvalue weighted by atomic mass is 19.3. The van der Waals surface area contributed by atoms with Crippen LogP contribution >= 0.6 is 0 Å². The van der Waals surface area contributed by atoms with Gasteiger partial charge in [-0.2, -0.15) is 8.78 Å². The molecule has 1 aromatic rings. The van der Waals surface area contributed by atoms with Crippen LogP contribution in [0.1, 0.15) is 31.2 Å². The van der Waals surface area contributed by atoms with Gasteiger partial charge >= 0.3 is 6.61 Å². The second-order valence-electron chi connectivity index (χ2n) is 5.40. The van der Waals surface area contributed by atoms with E-state index in [1.54, 1.807) is 18.2 Å². The molecule has 1 aliphatic rings. The Morgan fingerprint density at radius 3 is 2.73 bits per heavy atom. The second kappa shape index (κ2) is 7.35. The zero-order valence-corrected chi connectivity index (χ0v) is 12.1. The van der Waals surface area contributed by atoms with Crippen LogP contribution in [0.2, 0.25) is 0 Å². The van der Waals surface area contributed by atoms with Crippen LogP contribution in [-0.2, 0) is 4.79 Å². The van der Waals surface area contributed by atoms with Gasteiger partial charge < -0.3 is 15.2 Å². The van der Waals surface area contributed by atoms with Crippen LogP contribution < -0.4 is 10.1 Å². The van der Waals surface area contributed by atoms with Crippen molar-refractivity contribution in [2.75, 3.05) is 6.54 Å². The van der Waals surface area contributed by atoms with Crippen molar-refractivity contribution in [3.8, 4) is 5.75 Å². The fraction of sp³-hybridized carbons (Fsp3) is 0.438. The van der Waals surface area contributed by atoms with Gasteiger partial charge in [0.1, 0.15) is 5.75 Å². The average molecular weight is 311 g/mol. The van der Waals surface area contributed by atoms with E-state index < -0.39 is 12.2 Å². The van der Waals surface area contributed by atoms with Crippen molar-refractivity contribution >= 4 is 12.0 Å². The van der Waals surface area contributed by atoms with Crippen molar-refractivity contribution < 1.29 is 23.4 Å². The summed E-state index contributed by atoms with van der Waals surface area (Å²) in [6.07, 6.45) is 5.93. The Balaban J connectivity index is 1.92. The minimum Gasteiger partial charge on any atom is -0.434 e. The first-order valence-corrected chi connectivity index (χ1v) is 7.21. The molecule has 0 atom stereocenters. The highest BCUT2D eigenvalue weighted by Gasteiger charge is 2.30. The maximum atomic E-state index is 12.3. The molecule has 0 heterocycles. The molecule has 2 N–H and O–H groups in total. The van der Waals surface area contributed by atoms with Crippen LogP contribution in [0.5, 0.6) is 5.75 Å². The van der Waals surface area contributed by atoms with E-state index in [1.165, 1.54) is 18.2 Å². The lowest BCUT2D eigenvalue weighted by molar-refractivity contribution is -0.117. The van der Waals surface area contributed by atoms with Crippen LogP contribution in [0.25, 0.3) is 6.08 Å². The van der Waals surface area contributed by atoms with Gasteiger partial charge in [0, 0.05) is 18.2 Å². The lowest BCUT2D eigenvalue weighted by Crippen LogP contribution is -2.40. The number of alkyl halides is 2. The molecule has 4 nitrogen and oxygen atoms in total. The van der Waals surface area contributed by atoms with Gasteiger partial charge in [0.05, 0.1) is 5.60 Å². The fourth-order valence-corrected chi connectivity index (χ4v) is 2.51. The topological polar surface area (TPSA) is 58.6 Å². The number of benzene rings is 1. The van der Waals surface area contributed by atoms with Crippen molar-refractivity contribution in [2.45, 2.75) is 37.9 Å². The van der Waals surface area contributed by atoms with Crippen LogP contribution in [-0.4, -0.2) is 29.8 Å². The SMILES string of the molecule is O=C(/C=C/c1ccccc1OC(F)F)NCC1(O)CCCC1. The second-order valence-corrected chi connectivity index (χ2v) is 5.40. The quantitative estimate of drug-likeness (QED) is 0.794. The zero-order chi connectivity index (χ0) is 16.0. The van der Waals surface area contributed by atoms with Crippen LogP contribution in [0.4, 0.5) is 8.78 Å². The minimum atomic E-state index is -2.92. The molecule has 2 rings (SSSR count). The summed E-state index contributed by atoms with van der Waals surface area (Å²) in [4.78, 5) is 11.8. The summed E-state index contributed by atoms with van der Waals surface area (Å²) < 4.78 is 28.9. The lowest BCUT2D eigenvalue weighted by atomic mass is 10.0. The van der Waals surface area contributed by atoms with E-state index in [-0.39, 0.29) is 18.2 Å². The normalized spacial score (nSPS) is 17.1. The largest absolute Gasteiger partial charge is 0.434 e. The Morgan fingerprint density at radius 1 is 1.36 bits per heavy atom. The number of rotatable bonds is 6. The number of nitrogens with one attached hydrogen (secondary N) is 1. The van der Waals surface area contributed by atoms with Crippen LogP contribution in [0.3, 0.4) is 0 Å². The molecule has 120 valence electrons. The van der Waals surface area contributed by atoms with E-state index in [2.05, 4.69) is 10.1 Å². The van der Waals surface area contributed by atoms with Crippen molar-refractivity contribution in [1.82, 2.24) is 5.32 Å². The third-order valence-corrected chi connectivity index (χ3v) is 3.68. The minimum absolute atomic E-state index is 0.0102. The molecule has 1 saturated carbocycles. The Morgan fingerprint density at radius 2 is 2.05 bits per heavy atom. The molecule has 0 spiro atoms. The average Bonchev–Trinajstić information content (AvgIpc) is 2.91. The van der Waals surface area contributed by atoms with Gasteiger partial charge in [0.25, 0.3) is 0 Å². The molecule has 6 heteroatoms. The summed E-state index contributed by atoms with van der Waals surface area (Å²) >= 11 is 0. The molecule has 22 heavy (non-hydrogen) atoms. The number of carbonyl (C=O) groups excluding carboxylic acids is 1.